The summed E-state index contributed by atoms with van der Waals surface area (Å²) in [4.78, 5) is 0. The van der Waals surface area contributed by atoms with Crippen LogP contribution in [0.25, 0.3) is 0 Å². The van der Waals surface area contributed by atoms with Gasteiger partial charge in [0.2, 0.25) is 0 Å². The molecule has 16 heavy (non-hydrogen) atoms. The molecule has 3 N–H and O–H groups in total. The highest BCUT2D eigenvalue weighted by atomic mass is 16.3. The van der Waals surface area contributed by atoms with Gasteiger partial charge >= 0.3 is 0 Å². The highest BCUT2D eigenvalue weighted by Gasteiger charge is 2.13. The minimum absolute atomic E-state index is 0.0585. The van der Waals surface area contributed by atoms with Crippen molar-refractivity contribution < 1.29 is 5.11 Å². The maximum absolute atomic E-state index is 9.81. The van der Waals surface area contributed by atoms with Crippen LogP contribution in [0.4, 0.5) is 0 Å². The van der Waals surface area contributed by atoms with E-state index in [4.69, 9.17) is 5.73 Å². The predicted octanol–water partition coefficient (Wildman–Crippen LogP) is 3.39. The molecule has 0 amide bonds. The van der Waals surface area contributed by atoms with E-state index in [1.54, 1.807) is 6.07 Å². The van der Waals surface area contributed by atoms with Crippen LogP contribution in [-0.4, -0.2) is 5.11 Å². The van der Waals surface area contributed by atoms with E-state index in [2.05, 4.69) is 20.8 Å². The monoisotopic (exact) mass is 221 g/mol. The summed E-state index contributed by atoms with van der Waals surface area (Å²) in [6.45, 7) is 6.44. The third-order valence-corrected chi connectivity index (χ3v) is 2.76. The van der Waals surface area contributed by atoms with Crippen molar-refractivity contribution in [3.05, 3.63) is 29.3 Å². The summed E-state index contributed by atoms with van der Waals surface area (Å²) >= 11 is 0. The molecule has 0 saturated heterocycles. The van der Waals surface area contributed by atoms with Gasteiger partial charge in [-0.25, -0.2) is 0 Å². The molecule has 90 valence electrons. The number of aryl methyl sites for hydroxylation is 1. The van der Waals surface area contributed by atoms with Gasteiger partial charge in [0.25, 0.3) is 0 Å². The molecule has 0 bridgehead atoms. The minimum atomic E-state index is -0.0585. The standard InChI is InChI=1S/C14H23NO/c1-4-5-11-6-7-14(16)12(9-11)13(15)8-10(2)3/h6-7,9-10,13,16H,4-5,8,15H2,1-3H3. The summed E-state index contributed by atoms with van der Waals surface area (Å²) in [7, 11) is 0. The van der Waals surface area contributed by atoms with Gasteiger partial charge in [0.1, 0.15) is 5.75 Å². The number of aromatic hydroxyl groups is 1. The summed E-state index contributed by atoms with van der Waals surface area (Å²) in [5.41, 5.74) is 8.25. The molecule has 2 nitrogen and oxygen atoms in total. The minimum Gasteiger partial charge on any atom is -0.508 e. The summed E-state index contributed by atoms with van der Waals surface area (Å²) in [6.07, 6.45) is 3.06. The molecule has 0 fully saturated rings. The zero-order valence-electron chi connectivity index (χ0n) is 10.5. The smallest absolute Gasteiger partial charge is 0.120 e. The van der Waals surface area contributed by atoms with Crippen molar-refractivity contribution in [1.82, 2.24) is 0 Å². The molecular weight excluding hydrogens is 198 g/mol. The van der Waals surface area contributed by atoms with Gasteiger partial charge in [0.15, 0.2) is 0 Å². The number of rotatable bonds is 5. The number of hydrogen-bond acceptors (Lipinski definition) is 2. The molecule has 1 unspecified atom stereocenters. The Kier molecular flexibility index (Phi) is 4.81. The third-order valence-electron chi connectivity index (χ3n) is 2.76. The average Bonchev–Trinajstić information content (AvgIpc) is 2.20. The summed E-state index contributed by atoms with van der Waals surface area (Å²) in [5.74, 6) is 0.872. The molecule has 1 aromatic rings. The molecule has 1 atom stereocenters. The Labute approximate surface area is 98.5 Å². The average molecular weight is 221 g/mol. The summed E-state index contributed by atoms with van der Waals surface area (Å²) < 4.78 is 0. The molecule has 1 aromatic carbocycles. The van der Waals surface area contributed by atoms with Crippen molar-refractivity contribution in [1.29, 1.82) is 0 Å². The van der Waals surface area contributed by atoms with Crippen molar-refractivity contribution in [2.45, 2.75) is 46.1 Å². The Morgan fingerprint density at radius 3 is 2.56 bits per heavy atom. The second kappa shape index (κ2) is 5.90. The van der Waals surface area contributed by atoms with Gasteiger partial charge in [-0.3, -0.25) is 0 Å². The zero-order valence-corrected chi connectivity index (χ0v) is 10.5. The van der Waals surface area contributed by atoms with Crippen molar-refractivity contribution in [3.63, 3.8) is 0 Å². The number of hydrogen-bond donors (Lipinski definition) is 2. The van der Waals surface area contributed by atoms with E-state index in [0.29, 0.717) is 11.7 Å². The van der Waals surface area contributed by atoms with Gasteiger partial charge in [-0.2, -0.15) is 0 Å². The fraction of sp³-hybridized carbons (Fsp3) is 0.571. The van der Waals surface area contributed by atoms with E-state index < -0.39 is 0 Å². The van der Waals surface area contributed by atoms with E-state index in [1.807, 2.05) is 12.1 Å². The van der Waals surface area contributed by atoms with E-state index in [1.165, 1.54) is 5.56 Å². The van der Waals surface area contributed by atoms with E-state index >= 15 is 0 Å². The molecule has 0 spiro atoms. The fourth-order valence-electron chi connectivity index (χ4n) is 1.98. The molecule has 0 aliphatic heterocycles. The van der Waals surface area contributed by atoms with Crippen molar-refractivity contribution in [2.75, 3.05) is 0 Å². The van der Waals surface area contributed by atoms with Crippen LogP contribution < -0.4 is 5.73 Å². The fourth-order valence-corrected chi connectivity index (χ4v) is 1.98. The Hall–Kier alpha value is -1.02. The lowest BCUT2D eigenvalue weighted by Crippen LogP contribution is -2.13. The molecule has 1 rings (SSSR count). The SMILES string of the molecule is CCCc1ccc(O)c(C(N)CC(C)C)c1. The van der Waals surface area contributed by atoms with Crippen LogP contribution in [0.2, 0.25) is 0 Å². The van der Waals surface area contributed by atoms with Crippen LogP contribution in [0.3, 0.4) is 0 Å². The van der Waals surface area contributed by atoms with Crippen molar-refractivity contribution >= 4 is 0 Å². The van der Waals surface area contributed by atoms with Gasteiger partial charge in [-0.15, -0.1) is 0 Å². The van der Waals surface area contributed by atoms with Gasteiger partial charge in [-0.05, 0) is 30.4 Å². The first-order valence-corrected chi connectivity index (χ1v) is 6.12. The predicted molar refractivity (Wildman–Crippen MR) is 68.5 cm³/mol. The van der Waals surface area contributed by atoms with Gasteiger partial charge in [-0.1, -0.05) is 39.3 Å². The highest BCUT2D eigenvalue weighted by molar-refractivity contribution is 5.38. The number of phenolic OH excluding ortho intramolecular Hbond substituents is 1. The lowest BCUT2D eigenvalue weighted by Gasteiger charge is -2.16. The second-order valence-corrected chi connectivity index (χ2v) is 4.88. The topological polar surface area (TPSA) is 46.2 Å². The maximum Gasteiger partial charge on any atom is 0.120 e. The Morgan fingerprint density at radius 2 is 2.00 bits per heavy atom. The number of benzene rings is 1. The first kappa shape index (κ1) is 13.0. The molecule has 0 radical (unpaired) electrons. The van der Waals surface area contributed by atoms with E-state index in [-0.39, 0.29) is 6.04 Å². The lowest BCUT2D eigenvalue weighted by molar-refractivity contribution is 0.445. The van der Waals surface area contributed by atoms with Crippen LogP contribution in [0, 0.1) is 5.92 Å². The lowest BCUT2D eigenvalue weighted by atomic mass is 9.95. The normalized spacial score (nSPS) is 13.1. The van der Waals surface area contributed by atoms with Crippen LogP contribution in [-0.2, 0) is 6.42 Å². The first-order chi connectivity index (χ1) is 7.54. The molecule has 2 heteroatoms. The third kappa shape index (κ3) is 3.53. The second-order valence-electron chi connectivity index (χ2n) is 4.88. The number of nitrogens with two attached hydrogens (primary N) is 1. The molecule has 0 aliphatic rings. The van der Waals surface area contributed by atoms with Crippen LogP contribution >= 0.6 is 0 Å². The van der Waals surface area contributed by atoms with E-state index in [9.17, 15) is 5.11 Å². The van der Waals surface area contributed by atoms with Gasteiger partial charge in [0, 0.05) is 11.6 Å². The highest BCUT2D eigenvalue weighted by Crippen LogP contribution is 2.28. The summed E-state index contributed by atoms with van der Waals surface area (Å²) in [6, 6.07) is 5.73. The zero-order chi connectivity index (χ0) is 12.1. The van der Waals surface area contributed by atoms with Crippen molar-refractivity contribution in [2.24, 2.45) is 11.7 Å². The van der Waals surface area contributed by atoms with Crippen LogP contribution in [0.15, 0.2) is 18.2 Å². The van der Waals surface area contributed by atoms with Gasteiger partial charge < -0.3 is 10.8 Å². The largest absolute Gasteiger partial charge is 0.508 e. The Bertz CT molecular complexity index is 334. The molecule has 0 heterocycles. The quantitative estimate of drug-likeness (QED) is 0.800. The van der Waals surface area contributed by atoms with Gasteiger partial charge in [0.05, 0.1) is 0 Å². The molecule has 0 aliphatic carbocycles. The summed E-state index contributed by atoms with van der Waals surface area (Å²) in [5, 5.41) is 9.81. The van der Waals surface area contributed by atoms with Crippen LogP contribution in [0.1, 0.15) is 50.8 Å². The van der Waals surface area contributed by atoms with Crippen LogP contribution in [0.5, 0.6) is 5.75 Å². The van der Waals surface area contributed by atoms with E-state index in [0.717, 1.165) is 24.8 Å². The molecule has 0 aromatic heterocycles. The van der Waals surface area contributed by atoms with Crippen molar-refractivity contribution in [3.8, 4) is 5.75 Å². The molecule has 0 saturated carbocycles. The Morgan fingerprint density at radius 1 is 1.31 bits per heavy atom. The number of phenols is 1. The first-order valence-electron chi connectivity index (χ1n) is 6.12. The maximum atomic E-state index is 9.81. The Balaban J connectivity index is 2.88. The molecular formula is C14H23NO.